The fourth-order valence-corrected chi connectivity index (χ4v) is 2.11. The Balaban J connectivity index is 2.13. The summed E-state index contributed by atoms with van der Waals surface area (Å²) in [4.78, 5) is 0. The lowest BCUT2D eigenvalue weighted by atomic mass is 9.91. The third-order valence-electron chi connectivity index (χ3n) is 3.44. The molecule has 1 fully saturated rings. The van der Waals surface area contributed by atoms with Crippen molar-refractivity contribution < 1.29 is 4.39 Å². The summed E-state index contributed by atoms with van der Waals surface area (Å²) in [6.45, 7) is 3.22. The first-order chi connectivity index (χ1) is 7.41. The van der Waals surface area contributed by atoms with Crippen molar-refractivity contribution in [3.05, 3.63) is 35.4 Å². The predicted molar refractivity (Wildman–Crippen MR) is 65.0 cm³/mol. The van der Waals surface area contributed by atoms with Gasteiger partial charge in [-0.05, 0) is 50.7 Å². The van der Waals surface area contributed by atoms with Crippen molar-refractivity contribution in [2.75, 3.05) is 0 Å². The molecule has 0 aliphatic heterocycles. The van der Waals surface area contributed by atoms with Crippen LogP contribution in [0, 0.1) is 0 Å². The Morgan fingerprint density at radius 1 is 1.31 bits per heavy atom. The number of benzene rings is 1. The molecule has 2 heteroatoms. The molecule has 1 aromatic carbocycles. The molecule has 1 aliphatic carbocycles. The van der Waals surface area contributed by atoms with Gasteiger partial charge < -0.3 is 5.73 Å². The summed E-state index contributed by atoms with van der Waals surface area (Å²) in [6, 6.07) is 7.77. The van der Waals surface area contributed by atoms with Gasteiger partial charge in [-0.25, -0.2) is 4.39 Å². The molecule has 1 saturated carbocycles. The highest BCUT2D eigenvalue weighted by Gasteiger charge is 2.37. The maximum Gasteiger partial charge on any atom is 0.130 e. The highest BCUT2D eigenvalue weighted by Crippen LogP contribution is 2.37. The van der Waals surface area contributed by atoms with E-state index in [2.05, 4.69) is 0 Å². The number of aryl methyl sites for hydroxylation is 1. The smallest absolute Gasteiger partial charge is 0.130 e. The summed E-state index contributed by atoms with van der Waals surface area (Å²) in [7, 11) is 0. The predicted octanol–water partition coefficient (Wildman–Crippen LogP) is 3.32. The third kappa shape index (κ3) is 2.62. The largest absolute Gasteiger partial charge is 0.325 e. The van der Waals surface area contributed by atoms with Gasteiger partial charge >= 0.3 is 0 Å². The van der Waals surface area contributed by atoms with Crippen LogP contribution in [0.1, 0.15) is 44.2 Å². The molecule has 0 saturated heterocycles. The molecule has 1 aliphatic rings. The average Bonchev–Trinajstić information content (AvgIpc) is 2.94. The zero-order chi connectivity index (χ0) is 11.8. The quantitative estimate of drug-likeness (QED) is 0.829. The van der Waals surface area contributed by atoms with Crippen molar-refractivity contribution in [3.63, 3.8) is 0 Å². The van der Waals surface area contributed by atoms with Crippen molar-refractivity contribution in [1.29, 1.82) is 0 Å². The van der Waals surface area contributed by atoms with E-state index in [4.69, 9.17) is 5.73 Å². The Morgan fingerprint density at radius 3 is 2.50 bits per heavy atom. The van der Waals surface area contributed by atoms with Gasteiger partial charge in [0.2, 0.25) is 0 Å². The zero-order valence-corrected chi connectivity index (χ0v) is 10.1. The number of halogens is 1. The van der Waals surface area contributed by atoms with Crippen molar-refractivity contribution >= 4 is 0 Å². The molecule has 16 heavy (non-hydrogen) atoms. The highest BCUT2D eigenvalue weighted by atomic mass is 19.1. The fraction of sp³-hybridized carbons (Fsp3) is 0.571. The van der Waals surface area contributed by atoms with Crippen molar-refractivity contribution in [2.24, 2.45) is 5.73 Å². The van der Waals surface area contributed by atoms with Crippen LogP contribution in [0.2, 0.25) is 0 Å². The minimum atomic E-state index is -1.26. The summed E-state index contributed by atoms with van der Waals surface area (Å²) in [5.74, 6) is 0. The molecule has 0 aromatic heterocycles. The van der Waals surface area contributed by atoms with E-state index in [0.717, 1.165) is 36.8 Å². The van der Waals surface area contributed by atoms with Crippen LogP contribution in [-0.2, 0) is 12.1 Å². The van der Waals surface area contributed by atoms with Gasteiger partial charge in [0.25, 0.3) is 0 Å². The van der Waals surface area contributed by atoms with Gasteiger partial charge in [0.1, 0.15) is 5.67 Å². The average molecular weight is 221 g/mol. The maximum atomic E-state index is 14.0. The molecular formula is C14H20FN. The van der Waals surface area contributed by atoms with Gasteiger partial charge in [0, 0.05) is 5.54 Å². The lowest BCUT2D eigenvalue weighted by molar-refractivity contribution is 0.219. The Morgan fingerprint density at radius 2 is 1.94 bits per heavy atom. The normalized spacial score (nSPS) is 18.5. The fourth-order valence-electron chi connectivity index (χ4n) is 2.11. The van der Waals surface area contributed by atoms with Crippen LogP contribution in [0.25, 0.3) is 0 Å². The number of hydrogen-bond donors (Lipinski definition) is 1. The minimum absolute atomic E-state index is 0.0492. The Kier molecular flexibility index (Phi) is 2.79. The summed E-state index contributed by atoms with van der Waals surface area (Å²) < 4.78 is 14.0. The molecule has 88 valence electrons. The molecule has 0 spiro atoms. The van der Waals surface area contributed by atoms with Gasteiger partial charge in [0.05, 0.1) is 0 Å². The zero-order valence-electron chi connectivity index (χ0n) is 10.1. The maximum absolute atomic E-state index is 14.0. The van der Waals surface area contributed by atoms with E-state index < -0.39 is 5.67 Å². The summed E-state index contributed by atoms with van der Waals surface area (Å²) in [6.07, 6.45) is 4.10. The van der Waals surface area contributed by atoms with Crippen LogP contribution in [0.5, 0.6) is 0 Å². The first-order valence-electron chi connectivity index (χ1n) is 5.97. The second-order valence-corrected chi connectivity index (χ2v) is 5.49. The Labute approximate surface area is 96.9 Å². The second kappa shape index (κ2) is 3.85. The van der Waals surface area contributed by atoms with E-state index >= 15 is 0 Å². The van der Waals surface area contributed by atoms with Crippen molar-refractivity contribution in [3.8, 4) is 0 Å². The van der Waals surface area contributed by atoms with Crippen molar-refractivity contribution in [2.45, 2.75) is 50.7 Å². The molecule has 2 N–H and O–H groups in total. The van der Waals surface area contributed by atoms with Crippen LogP contribution in [0.4, 0.5) is 4.39 Å². The van der Waals surface area contributed by atoms with E-state index in [0.29, 0.717) is 0 Å². The SMILES string of the molecule is CC(C)(F)c1ccccc1CCC1(N)CC1. The minimum Gasteiger partial charge on any atom is -0.325 e. The van der Waals surface area contributed by atoms with E-state index in [1.165, 1.54) is 0 Å². The van der Waals surface area contributed by atoms with Crippen LogP contribution in [0.15, 0.2) is 24.3 Å². The molecule has 0 amide bonds. The number of rotatable bonds is 4. The van der Waals surface area contributed by atoms with Crippen LogP contribution in [0.3, 0.4) is 0 Å². The monoisotopic (exact) mass is 221 g/mol. The molecule has 1 nitrogen and oxygen atoms in total. The lowest BCUT2D eigenvalue weighted by Gasteiger charge is -2.20. The van der Waals surface area contributed by atoms with Gasteiger partial charge in [-0.1, -0.05) is 24.3 Å². The standard InChI is InChI=1S/C14H20FN/c1-13(2,15)12-6-4-3-5-11(12)7-8-14(16)9-10-14/h3-6H,7-10,16H2,1-2H3. The molecule has 0 bridgehead atoms. The highest BCUT2D eigenvalue weighted by molar-refractivity contribution is 5.32. The number of alkyl halides is 1. The Hall–Kier alpha value is -0.890. The summed E-state index contributed by atoms with van der Waals surface area (Å²) >= 11 is 0. The van der Waals surface area contributed by atoms with Crippen LogP contribution in [-0.4, -0.2) is 5.54 Å². The van der Waals surface area contributed by atoms with E-state index in [1.54, 1.807) is 13.8 Å². The number of hydrogen-bond acceptors (Lipinski definition) is 1. The third-order valence-corrected chi connectivity index (χ3v) is 3.44. The molecular weight excluding hydrogens is 201 g/mol. The van der Waals surface area contributed by atoms with Crippen LogP contribution < -0.4 is 5.73 Å². The Bertz CT molecular complexity index is 375. The van der Waals surface area contributed by atoms with E-state index in [1.807, 2.05) is 24.3 Å². The lowest BCUT2D eigenvalue weighted by Crippen LogP contribution is -2.23. The van der Waals surface area contributed by atoms with Gasteiger partial charge in [-0.3, -0.25) is 0 Å². The topological polar surface area (TPSA) is 26.0 Å². The van der Waals surface area contributed by atoms with Gasteiger partial charge in [0.15, 0.2) is 0 Å². The molecule has 0 atom stereocenters. The van der Waals surface area contributed by atoms with Gasteiger partial charge in [-0.2, -0.15) is 0 Å². The van der Waals surface area contributed by atoms with E-state index in [-0.39, 0.29) is 5.54 Å². The van der Waals surface area contributed by atoms with Crippen molar-refractivity contribution in [1.82, 2.24) is 0 Å². The summed E-state index contributed by atoms with van der Waals surface area (Å²) in [5, 5.41) is 0. The second-order valence-electron chi connectivity index (χ2n) is 5.49. The first-order valence-corrected chi connectivity index (χ1v) is 5.97. The molecule has 0 unspecified atom stereocenters. The molecule has 0 radical (unpaired) electrons. The van der Waals surface area contributed by atoms with E-state index in [9.17, 15) is 4.39 Å². The van der Waals surface area contributed by atoms with Gasteiger partial charge in [-0.15, -0.1) is 0 Å². The molecule has 1 aromatic rings. The number of nitrogens with two attached hydrogens (primary N) is 1. The van der Waals surface area contributed by atoms with Crippen LogP contribution >= 0.6 is 0 Å². The molecule has 0 heterocycles. The first kappa shape index (κ1) is 11.6. The summed E-state index contributed by atoms with van der Waals surface area (Å²) in [5.41, 5.74) is 6.76. The molecule has 2 rings (SSSR count).